The maximum absolute atomic E-state index is 4.00. The molecule has 0 aromatic carbocycles. The van der Waals surface area contributed by atoms with E-state index in [-0.39, 0.29) is 5.41 Å². The monoisotopic (exact) mass is 312 g/mol. The summed E-state index contributed by atoms with van der Waals surface area (Å²) in [6, 6.07) is 0. The van der Waals surface area contributed by atoms with Gasteiger partial charge in [-0.2, -0.15) is 0 Å². The Morgan fingerprint density at radius 3 is 2.04 bits per heavy atom. The summed E-state index contributed by atoms with van der Waals surface area (Å²) in [4.78, 5) is 0. The minimum atomic E-state index is 0.203. The van der Waals surface area contributed by atoms with Crippen molar-refractivity contribution in [3.63, 3.8) is 0 Å². The van der Waals surface area contributed by atoms with Gasteiger partial charge < -0.3 is 0 Å². The van der Waals surface area contributed by atoms with Gasteiger partial charge in [0.05, 0.1) is 0 Å². The lowest BCUT2D eigenvalue weighted by atomic mass is 9.75. The topological polar surface area (TPSA) is 0 Å². The van der Waals surface area contributed by atoms with Gasteiger partial charge in [0.25, 0.3) is 0 Å². The van der Waals surface area contributed by atoms with Crippen LogP contribution in [-0.2, 0) is 0 Å². The highest BCUT2D eigenvalue weighted by Gasteiger charge is 2.48. The Hall–Kier alpha value is -1.30. The highest BCUT2D eigenvalue weighted by Crippen LogP contribution is 2.57. The molecule has 0 bridgehead atoms. The van der Waals surface area contributed by atoms with Gasteiger partial charge in [-0.15, -0.1) is 26.3 Å². The minimum absolute atomic E-state index is 0.203. The van der Waals surface area contributed by atoms with E-state index in [1.54, 1.807) is 0 Å². The third kappa shape index (κ3) is 6.01. The molecule has 0 N–H and O–H groups in total. The molecule has 0 saturated heterocycles. The van der Waals surface area contributed by atoms with E-state index in [9.17, 15) is 0 Å². The first-order valence-electron chi connectivity index (χ1n) is 9.22. The maximum atomic E-state index is 4.00. The van der Waals surface area contributed by atoms with Crippen LogP contribution in [0.25, 0.3) is 0 Å². The van der Waals surface area contributed by atoms with Crippen molar-refractivity contribution in [2.24, 2.45) is 16.7 Å². The fourth-order valence-corrected chi connectivity index (χ4v) is 3.74. The van der Waals surface area contributed by atoms with E-state index in [1.807, 2.05) is 6.08 Å². The predicted molar refractivity (Wildman–Crippen MR) is 106 cm³/mol. The molecule has 0 aromatic rings. The van der Waals surface area contributed by atoms with E-state index in [1.165, 1.54) is 32.1 Å². The molecule has 1 fully saturated rings. The van der Waals surface area contributed by atoms with E-state index in [0.717, 1.165) is 31.6 Å². The largest absolute Gasteiger partial charge is 0.103 e. The summed E-state index contributed by atoms with van der Waals surface area (Å²) in [7, 11) is 0. The molecule has 0 nitrogen and oxygen atoms in total. The standard InChI is InChI=1S/C23H36/c1-6-10-12-13-16-22(14-8-3,15-9-4)18-19-23(17-11-7-2)20-21(23)5/h6-9,18-19,21H,1-4,10-17,20H2,5H3. The van der Waals surface area contributed by atoms with Gasteiger partial charge in [-0.1, -0.05) is 49.8 Å². The van der Waals surface area contributed by atoms with Gasteiger partial charge in [0, 0.05) is 0 Å². The third-order valence-electron chi connectivity index (χ3n) is 5.52. The fraction of sp³-hybridized carbons (Fsp3) is 0.565. The van der Waals surface area contributed by atoms with Crippen LogP contribution in [0.3, 0.4) is 0 Å². The molecule has 0 aromatic heterocycles. The summed E-state index contributed by atoms with van der Waals surface area (Å²) in [6.07, 6.45) is 23.8. The van der Waals surface area contributed by atoms with Crippen LogP contribution in [0.5, 0.6) is 0 Å². The van der Waals surface area contributed by atoms with E-state index in [0.29, 0.717) is 5.41 Å². The molecule has 0 spiro atoms. The van der Waals surface area contributed by atoms with Gasteiger partial charge in [-0.3, -0.25) is 0 Å². The molecular weight excluding hydrogens is 276 g/mol. The third-order valence-corrected chi connectivity index (χ3v) is 5.52. The van der Waals surface area contributed by atoms with Crippen molar-refractivity contribution in [3.05, 3.63) is 62.8 Å². The Bertz CT molecular complexity index is 415. The number of allylic oxidation sites excluding steroid dienone is 6. The van der Waals surface area contributed by atoms with Gasteiger partial charge in [-0.25, -0.2) is 0 Å². The molecule has 0 aliphatic heterocycles. The first-order chi connectivity index (χ1) is 11.1. The van der Waals surface area contributed by atoms with Gasteiger partial charge in [0.1, 0.15) is 0 Å². The van der Waals surface area contributed by atoms with Crippen LogP contribution < -0.4 is 0 Å². The second kappa shape index (κ2) is 9.75. The van der Waals surface area contributed by atoms with Gasteiger partial charge in [0.15, 0.2) is 0 Å². The summed E-state index contributed by atoms with van der Waals surface area (Å²) in [5.74, 6) is 0.810. The van der Waals surface area contributed by atoms with Gasteiger partial charge >= 0.3 is 0 Å². The molecule has 0 heterocycles. The molecular formula is C23H36. The maximum Gasteiger partial charge on any atom is -0.00493 e. The second-order valence-corrected chi connectivity index (χ2v) is 7.38. The van der Waals surface area contributed by atoms with Crippen LogP contribution in [-0.4, -0.2) is 0 Å². The van der Waals surface area contributed by atoms with Crippen LogP contribution in [0, 0.1) is 16.7 Å². The van der Waals surface area contributed by atoms with Crippen molar-refractivity contribution >= 4 is 0 Å². The van der Waals surface area contributed by atoms with E-state index >= 15 is 0 Å². The van der Waals surface area contributed by atoms with Gasteiger partial charge in [0.2, 0.25) is 0 Å². The Labute approximate surface area is 144 Å². The Balaban J connectivity index is 2.82. The molecule has 0 amide bonds. The lowest BCUT2D eigenvalue weighted by Gasteiger charge is -2.30. The molecule has 128 valence electrons. The van der Waals surface area contributed by atoms with Crippen molar-refractivity contribution in [2.45, 2.75) is 64.7 Å². The fourth-order valence-electron chi connectivity index (χ4n) is 3.74. The zero-order valence-electron chi connectivity index (χ0n) is 15.2. The van der Waals surface area contributed by atoms with E-state index in [4.69, 9.17) is 0 Å². The molecule has 1 aliphatic carbocycles. The molecule has 0 heteroatoms. The zero-order valence-corrected chi connectivity index (χ0v) is 15.2. The van der Waals surface area contributed by atoms with Crippen LogP contribution in [0.4, 0.5) is 0 Å². The molecule has 2 unspecified atom stereocenters. The predicted octanol–water partition coefficient (Wildman–Crippen LogP) is 7.42. The van der Waals surface area contributed by atoms with Crippen LogP contribution in [0.1, 0.15) is 64.7 Å². The van der Waals surface area contributed by atoms with Gasteiger partial charge in [-0.05, 0) is 68.1 Å². The lowest BCUT2D eigenvalue weighted by molar-refractivity contribution is 0.340. The zero-order chi connectivity index (χ0) is 17.2. The Morgan fingerprint density at radius 1 is 0.957 bits per heavy atom. The van der Waals surface area contributed by atoms with Crippen LogP contribution >= 0.6 is 0 Å². The average Bonchev–Trinajstić information content (AvgIpc) is 3.19. The summed E-state index contributed by atoms with van der Waals surface area (Å²) in [5.41, 5.74) is 0.622. The van der Waals surface area contributed by atoms with Crippen molar-refractivity contribution in [1.29, 1.82) is 0 Å². The van der Waals surface area contributed by atoms with Crippen LogP contribution in [0.2, 0.25) is 0 Å². The summed E-state index contributed by atoms with van der Waals surface area (Å²) >= 11 is 0. The summed E-state index contributed by atoms with van der Waals surface area (Å²) in [5, 5.41) is 0. The Morgan fingerprint density at radius 2 is 1.57 bits per heavy atom. The smallest absolute Gasteiger partial charge is 0.00493 e. The minimum Gasteiger partial charge on any atom is -0.103 e. The molecule has 1 aliphatic rings. The molecule has 1 rings (SSSR count). The number of hydrogen-bond donors (Lipinski definition) is 0. The molecule has 2 atom stereocenters. The number of hydrogen-bond acceptors (Lipinski definition) is 0. The first kappa shape index (κ1) is 19.7. The SMILES string of the molecule is C=CCCCCC(C=CC1(CCC=C)CC1C)(CC=C)CC=C. The van der Waals surface area contributed by atoms with E-state index < -0.39 is 0 Å². The van der Waals surface area contributed by atoms with Crippen molar-refractivity contribution in [1.82, 2.24) is 0 Å². The molecule has 0 radical (unpaired) electrons. The normalized spacial score (nSPS) is 23.6. The van der Waals surface area contributed by atoms with Crippen molar-refractivity contribution in [3.8, 4) is 0 Å². The highest BCUT2D eigenvalue weighted by molar-refractivity contribution is 5.18. The second-order valence-electron chi connectivity index (χ2n) is 7.38. The summed E-state index contributed by atoms with van der Waals surface area (Å²) in [6.45, 7) is 18.1. The average molecular weight is 313 g/mol. The van der Waals surface area contributed by atoms with Crippen LogP contribution in [0.15, 0.2) is 62.8 Å². The lowest BCUT2D eigenvalue weighted by Crippen LogP contribution is -2.17. The number of unbranched alkanes of at least 4 members (excludes halogenated alkanes) is 2. The highest BCUT2D eigenvalue weighted by atomic mass is 14.5. The molecule has 23 heavy (non-hydrogen) atoms. The summed E-state index contributed by atoms with van der Waals surface area (Å²) < 4.78 is 0. The molecule has 1 saturated carbocycles. The quantitative estimate of drug-likeness (QED) is 0.231. The first-order valence-corrected chi connectivity index (χ1v) is 9.22. The van der Waals surface area contributed by atoms with Crippen molar-refractivity contribution in [2.75, 3.05) is 0 Å². The van der Waals surface area contributed by atoms with Crippen molar-refractivity contribution < 1.29 is 0 Å². The number of rotatable bonds is 14. The van der Waals surface area contributed by atoms with E-state index in [2.05, 4.69) is 63.6 Å². The Kier molecular flexibility index (Phi) is 8.37.